The predicted octanol–water partition coefficient (Wildman–Crippen LogP) is 6.47. The van der Waals surface area contributed by atoms with Gasteiger partial charge >= 0.3 is 0 Å². The first kappa shape index (κ1) is 17.9. The summed E-state index contributed by atoms with van der Waals surface area (Å²) in [5.41, 5.74) is 23.3. The van der Waals surface area contributed by atoms with Crippen LogP contribution in [0.1, 0.15) is 11.1 Å². The van der Waals surface area contributed by atoms with Crippen LogP contribution in [-0.2, 0) is 0 Å². The number of nitrogen functional groups attached to an aromatic ring is 2. The number of nitrogens with two attached hydrogens (primary N) is 2. The monoisotopic (exact) mass is 364 g/mol. The van der Waals surface area contributed by atoms with Gasteiger partial charge in [0.2, 0.25) is 0 Å². The van der Waals surface area contributed by atoms with Crippen LogP contribution in [0.3, 0.4) is 0 Å². The molecule has 4 aromatic carbocycles. The summed E-state index contributed by atoms with van der Waals surface area (Å²) < 4.78 is 0. The van der Waals surface area contributed by atoms with E-state index in [0.717, 1.165) is 39.2 Å². The average Bonchev–Trinajstić information content (AvgIpc) is 2.70. The molecule has 0 aliphatic carbocycles. The molecule has 0 radical (unpaired) electrons. The van der Waals surface area contributed by atoms with Crippen LogP contribution in [-0.4, -0.2) is 0 Å². The highest BCUT2D eigenvalue weighted by Gasteiger charge is 2.19. The first-order valence-corrected chi connectivity index (χ1v) is 9.46. The van der Waals surface area contributed by atoms with E-state index in [1.54, 1.807) is 0 Å². The fourth-order valence-electron chi connectivity index (χ4n) is 3.80. The van der Waals surface area contributed by atoms with Crippen molar-refractivity contribution in [3.8, 4) is 33.4 Å². The zero-order valence-electron chi connectivity index (χ0n) is 16.2. The van der Waals surface area contributed by atoms with E-state index in [9.17, 15) is 0 Å². The molecule has 2 heteroatoms. The summed E-state index contributed by atoms with van der Waals surface area (Å²) in [7, 11) is 0. The minimum absolute atomic E-state index is 0.760. The van der Waals surface area contributed by atoms with Gasteiger partial charge in [0.15, 0.2) is 0 Å². The number of aryl methyl sites for hydroxylation is 2. The van der Waals surface area contributed by atoms with Gasteiger partial charge in [0.1, 0.15) is 0 Å². The van der Waals surface area contributed by atoms with Gasteiger partial charge in [-0.3, -0.25) is 0 Å². The largest absolute Gasteiger partial charge is 0.399 e. The third kappa shape index (κ3) is 3.14. The van der Waals surface area contributed by atoms with Crippen LogP contribution < -0.4 is 11.5 Å². The third-order valence-electron chi connectivity index (χ3n) is 5.29. The summed E-state index contributed by atoms with van der Waals surface area (Å²) in [5.74, 6) is 0. The molecule has 0 amide bonds. The maximum Gasteiger partial charge on any atom is 0.0400 e. The van der Waals surface area contributed by atoms with Gasteiger partial charge in [0.25, 0.3) is 0 Å². The van der Waals surface area contributed by atoms with Crippen molar-refractivity contribution in [3.63, 3.8) is 0 Å². The minimum Gasteiger partial charge on any atom is -0.399 e. The lowest BCUT2D eigenvalue weighted by molar-refractivity contribution is 1.43. The summed E-state index contributed by atoms with van der Waals surface area (Å²) in [5, 5.41) is 0. The van der Waals surface area contributed by atoms with Crippen molar-refractivity contribution >= 4 is 11.4 Å². The fourth-order valence-corrected chi connectivity index (χ4v) is 3.80. The molecule has 0 fully saturated rings. The van der Waals surface area contributed by atoms with E-state index in [4.69, 9.17) is 11.5 Å². The van der Waals surface area contributed by atoms with Crippen LogP contribution in [0.5, 0.6) is 0 Å². The lowest BCUT2D eigenvalue weighted by atomic mass is 9.84. The number of hydrogen-bond donors (Lipinski definition) is 2. The molecule has 0 saturated carbocycles. The molecule has 0 heterocycles. The van der Waals surface area contributed by atoms with E-state index >= 15 is 0 Å². The molecule has 0 bridgehead atoms. The summed E-state index contributed by atoms with van der Waals surface area (Å²) in [6.07, 6.45) is 0. The van der Waals surface area contributed by atoms with Gasteiger partial charge in [-0.15, -0.1) is 0 Å². The molecule has 0 aliphatic rings. The van der Waals surface area contributed by atoms with E-state index < -0.39 is 0 Å². The molecule has 0 atom stereocenters. The smallest absolute Gasteiger partial charge is 0.0400 e. The highest BCUT2D eigenvalue weighted by molar-refractivity contribution is 6.00. The van der Waals surface area contributed by atoms with E-state index in [1.807, 2.05) is 18.2 Å². The van der Waals surface area contributed by atoms with Crippen molar-refractivity contribution < 1.29 is 0 Å². The first-order valence-electron chi connectivity index (χ1n) is 9.46. The number of anilines is 2. The molecule has 138 valence electrons. The molecule has 4 aromatic rings. The predicted molar refractivity (Wildman–Crippen MR) is 121 cm³/mol. The molecule has 0 unspecified atom stereocenters. The van der Waals surface area contributed by atoms with Crippen molar-refractivity contribution in [2.75, 3.05) is 11.5 Å². The number of rotatable bonds is 3. The highest BCUT2D eigenvalue weighted by Crippen LogP contribution is 2.45. The number of hydrogen-bond acceptors (Lipinski definition) is 2. The lowest BCUT2D eigenvalue weighted by Gasteiger charge is -2.21. The second-order valence-corrected chi connectivity index (χ2v) is 7.20. The Labute approximate surface area is 166 Å². The van der Waals surface area contributed by atoms with E-state index in [1.165, 1.54) is 16.7 Å². The Morgan fingerprint density at radius 2 is 1.04 bits per heavy atom. The van der Waals surface area contributed by atoms with Crippen molar-refractivity contribution in [2.45, 2.75) is 13.8 Å². The molecule has 0 aliphatic heterocycles. The van der Waals surface area contributed by atoms with Gasteiger partial charge < -0.3 is 11.5 Å². The quantitative estimate of drug-likeness (QED) is 0.409. The summed E-state index contributed by atoms with van der Waals surface area (Å²) >= 11 is 0. The SMILES string of the molecule is Cc1ccccc1-c1c(N)ccc(-c2ccc(N)cc2)c1-c1ccccc1C. The van der Waals surface area contributed by atoms with Crippen molar-refractivity contribution in [1.82, 2.24) is 0 Å². The number of benzene rings is 4. The molecule has 0 spiro atoms. The summed E-state index contributed by atoms with van der Waals surface area (Å²) in [6.45, 7) is 4.28. The fraction of sp³-hybridized carbons (Fsp3) is 0.0769. The van der Waals surface area contributed by atoms with E-state index in [2.05, 4.69) is 80.6 Å². The Balaban J connectivity index is 2.12. The Morgan fingerprint density at radius 1 is 0.500 bits per heavy atom. The zero-order valence-corrected chi connectivity index (χ0v) is 16.2. The Hall–Kier alpha value is -3.52. The van der Waals surface area contributed by atoms with Crippen molar-refractivity contribution in [3.05, 3.63) is 96.1 Å². The molecule has 2 nitrogen and oxygen atoms in total. The summed E-state index contributed by atoms with van der Waals surface area (Å²) in [6, 6.07) is 29.0. The lowest BCUT2D eigenvalue weighted by Crippen LogP contribution is -1.99. The van der Waals surface area contributed by atoms with Gasteiger partial charge in [-0.05, 0) is 71.0 Å². The van der Waals surface area contributed by atoms with Crippen LogP contribution in [0.2, 0.25) is 0 Å². The second kappa shape index (κ2) is 7.24. The molecule has 0 saturated heterocycles. The molecule has 0 aromatic heterocycles. The van der Waals surface area contributed by atoms with Crippen LogP contribution in [0.4, 0.5) is 11.4 Å². The average molecular weight is 364 g/mol. The normalized spacial score (nSPS) is 10.8. The minimum atomic E-state index is 0.760. The third-order valence-corrected chi connectivity index (χ3v) is 5.29. The Kier molecular flexibility index (Phi) is 4.62. The Morgan fingerprint density at radius 3 is 1.61 bits per heavy atom. The van der Waals surface area contributed by atoms with Gasteiger partial charge in [0.05, 0.1) is 0 Å². The van der Waals surface area contributed by atoms with E-state index in [-0.39, 0.29) is 0 Å². The van der Waals surface area contributed by atoms with Crippen LogP contribution >= 0.6 is 0 Å². The van der Waals surface area contributed by atoms with Gasteiger partial charge in [0, 0.05) is 16.9 Å². The summed E-state index contributed by atoms with van der Waals surface area (Å²) in [4.78, 5) is 0. The van der Waals surface area contributed by atoms with Crippen LogP contribution in [0.15, 0.2) is 84.9 Å². The van der Waals surface area contributed by atoms with Crippen molar-refractivity contribution in [1.29, 1.82) is 0 Å². The maximum absolute atomic E-state index is 6.56. The Bertz CT molecular complexity index is 1140. The second-order valence-electron chi connectivity index (χ2n) is 7.20. The van der Waals surface area contributed by atoms with Gasteiger partial charge in [-0.2, -0.15) is 0 Å². The van der Waals surface area contributed by atoms with Gasteiger partial charge in [-0.1, -0.05) is 66.7 Å². The molecular weight excluding hydrogens is 340 g/mol. The maximum atomic E-state index is 6.56. The topological polar surface area (TPSA) is 52.0 Å². The van der Waals surface area contributed by atoms with Crippen molar-refractivity contribution in [2.24, 2.45) is 0 Å². The zero-order chi connectivity index (χ0) is 19.7. The van der Waals surface area contributed by atoms with E-state index in [0.29, 0.717) is 0 Å². The molecule has 28 heavy (non-hydrogen) atoms. The molecule has 4 N–H and O–H groups in total. The first-order chi connectivity index (χ1) is 13.6. The standard InChI is InChI=1S/C26H24N2/c1-17-7-3-5-9-21(17)25-23(19-11-13-20(27)14-12-19)15-16-24(28)26(25)22-10-6-4-8-18(22)2/h3-16H,27-28H2,1-2H3. The highest BCUT2D eigenvalue weighted by atomic mass is 14.6. The van der Waals surface area contributed by atoms with Gasteiger partial charge in [-0.25, -0.2) is 0 Å². The molecular formula is C26H24N2. The van der Waals surface area contributed by atoms with Crippen LogP contribution in [0.25, 0.3) is 33.4 Å². The molecule has 4 rings (SSSR count). The van der Waals surface area contributed by atoms with Crippen LogP contribution in [0, 0.1) is 13.8 Å².